The lowest BCUT2D eigenvalue weighted by atomic mass is 10.0. The highest BCUT2D eigenvalue weighted by molar-refractivity contribution is 7.92. The minimum absolute atomic E-state index is 0.0479. The van der Waals surface area contributed by atoms with Crippen molar-refractivity contribution < 1.29 is 22.7 Å². The largest absolute Gasteiger partial charge is 0.497 e. The van der Waals surface area contributed by atoms with E-state index in [1.807, 2.05) is 30.3 Å². The summed E-state index contributed by atoms with van der Waals surface area (Å²) in [5.74, 6) is -0.958. The quantitative estimate of drug-likeness (QED) is 0.475. The molecule has 0 heterocycles. The number of carbonyl (C=O) groups is 2. The van der Waals surface area contributed by atoms with E-state index >= 15 is 0 Å². The molecule has 0 aliphatic carbocycles. The van der Waals surface area contributed by atoms with Crippen molar-refractivity contribution in [3.05, 3.63) is 60.2 Å². The van der Waals surface area contributed by atoms with Crippen LogP contribution in [0.15, 0.2) is 54.6 Å². The van der Waals surface area contributed by atoms with E-state index in [0.717, 1.165) is 5.56 Å². The Morgan fingerprint density at radius 3 is 2.31 bits per heavy atom. The molecule has 2 amide bonds. The number of nitrogens with zero attached hydrogens (tertiary/aromatic N) is 1. The van der Waals surface area contributed by atoms with Crippen molar-refractivity contribution in [1.82, 2.24) is 4.90 Å². The number of nitrogens with one attached hydrogen (secondary N) is 1. The molecular weight excluding hydrogens is 430 g/mol. The SMILES string of the molecule is COc1ccc(NS(=O)(=O)CN(CCCc2ccccc2)C(=O)CC(C)CC(N)=O)cc1. The Kier molecular flexibility index (Phi) is 9.52. The van der Waals surface area contributed by atoms with Gasteiger partial charge in [-0.2, -0.15) is 0 Å². The first-order valence-corrected chi connectivity index (χ1v) is 12.1. The molecule has 0 fully saturated rings. The molecule has 1 unspecified atom stereocenters. The molecule has 9 heteroatoms. The maximum Gasteiger partial charge on any atom is 0.251 e. The van der Waals surface area contributed by atoms with Gasteiger partial charge in [0.1, 0.15) is 11.6 Å². The van der Waals surface area contributed by atoms with E-state index in [4.69, 9.17) is 10.5 Å². The van der Waals surface area contributed by atoms with E-state index < -0.39 is 21.8 Å². The first-order chi connectivity index (χ1) is 15.2. The number of amides is 2. The van der Waals surface area contributed by atoms with Crippen LogP contribution in [0.25, 0.3) is 0 Å². The highest BCUT2D eigenvalue weighted by Gasteiger charge is 2.23. The van der Waals surface area contributed by atoms with Gasteiger partial charge in [-0.1, -0.05) is 37.3 Å². The summed E-state index contributed by atoms with van der Waals surface area (Å²) in [7, 11) is -2.30. The monoisotopic (exact) mass is 461 g/mol. The van der Waals surface area contributed by atoms with Crippen molar-refractivity contribution in [3.63, 3.8) is 0 Å². The van der Waals surface area contributed by atoms with Gasteiger partial charge >= 0.3 is 0 Å². The summed E-state index contributed by atoms with van der Waals surface area (Å²) >= 11 is 0. The Bertz CT molecular complexity index is 978. The van der Waals surface area contributed by atoms with Gasteiger partial charge in [-0.15, -0.1) is 0 Å². The second-order valence-corrected chi connectivity index (χ2v) is 9.49. The van der Waals surface area contributed by atoms with Crippen LogP contribution in [-0.4, -0.2) is 44.7 Å². The molecule has 0 bridgehead atoms. The molecular formula is C23H31N3O5S. The Morgan fingerprint density at radius 1 is 1.06 bits per heavy atom. The van der Waals surface area contributed by atoms with Crippen molar-refractivity contribution in [2.75, 3.05) is 24.3 Å². The second-order valence-electron chi connectivity index (χ2n) is 7.80. The van der Waals surface area contributed by atoms with Crippen LogP contribution in [0.1, 0.15) is 31.7 Å². The van der Waals surface area contributed by atoms with E-state index in [-0.39, 0.29) is 31.2 Å². The van der Waals surface area contributed by atoms with Crippen LogP contribution in [0.3, 0.4) is 0 Å². The average Bonchev–Trinajstić information content (AvgIpc) is 2.73. The zero-order valence-electron chi connectivity index (χ0n) is 18.5. The Morgan fingerprint density at radius 2 is 1.72 bits per heavy atom. The number of sulfonamides is 1. The van der Waals surface area contributed by atoms with Gasteiger partial charge in [-0.25, -0.2) is 8.42 Å². The van der Waals surface area contributed by atoms with Crippen LogP contribution in [0.4, 0.5) is 5.69 Å². The summed E-state index contributed by atoms with van der Waals surface area (Å²) < 4.78 is 33.1. The van der Waals surface area contributed by atoms with Gasteiger partial charge in [-0.05, 0) is 48.6 Å². The first kappa shape index (κ1) is 25.2. The van der Waals surface area contributed by atoms with Crippen molar-refractivity contribution in [1.29, 1.82) is 0 Å². The lowest BCUT2D eigenvalue weighted by Gasteiger charge is -2.24. The Balaban J connectivity index is 2.06. The third kappa shape index (κ3) is 8.97. The number of aryl methyl sites for hydroxylation is 1. The van der Waals surface area contributed by atoms with Crippen molar-refractivity contribution in [2.24, 2.45) is 11.7 Å². The van der Waals surface area contributed by atoms with Gasteiger partial charge in [0.15, 0.2) is 0 Å². The van der Waals surface area contributed by atoms with Crippen molar-refractivity contribution >= 4 is 27.5 Å². The molecule has 174 valence electrons. The lowest BCUT2D eigenvalue weighted by molar-refractivity contribution is -0.131. The third-order valence-electron chi connectivity index (χ3n) is 4.85. The summed E-state index contributed by atoms with van der Waals surface area (Å²) in [4.78, 5) is 25.3. The summed E-state index contributed by atoms with van der Waals surface area (Å²) in [6, 6.07) is 16.3. The van der Waals surface area contributed by atoms with Gasteiger partial charge in [0.25, 0.3) is 10.0 Å². The number of primary amides is 1. The highest BCUT2D eigenvalue weighted by atomic mass is 32.2. The van der Waals surface area contributed by atoms with E-state index in [2.05, 4.69) is 4.72 Å². The van der Waals surface area contributed by atoms with Crippen LogP contribution < -0.4 is 15.2 Å². The van der Waals surface area contributed by atoms with Gasteiger partial charge in [0, 0.05) is 25.1 Å². The zero-order valence-corrected chi connectivity index (χ0v) is 19.3. The fourth-order valence-electron chi connectivity index (χ4n) is 3.30. The molecule has 0 aliphatic heterocycles. The minimum Gasteiger partial charge on any atom is -0.497 e. The third-order valence-corrected chi connectivity index (χ3v) is 6.05. The average molecular weight is 462 g/mol. The van der Waals surface area contributed by atoms with E-state index in [1.165, 1.54) is 12.0 Å². The summed E-state index contributed by atoms with van der Waals surface area (Å²) in [5, 5.41) is 0. The van der Waals surface area contributed by atoms with Gasteiger partial charge < -0.3 is 15.4 Å². The summed E-state index contributed by atoms with van der Waals surface area (Å²) in [5.41, 5.74) is 6.71. The standard InChI is InChI=1S/C23H31N3O5S/c1-18(15-22(24)27)16-23(28)26(14-6-9-19-7-4-3-5-8-19)17-32(29,30)25-20-10-12-21(31-2)13-11-20/h3-5,7-8,10-13,18,25H,6,9,14-17H2,1-2H3,(H2,24,27). The molecule has 1 atom stereocenters. The number of carbonyl (C=O) groups excluding carboxylic acids is 2. The number of methoxy groups -OCH3 is 1. The Labute approximate surface area is 189 Å². The first-order valence-electron chi connectivity index (χ1n) is 10.4. The number of benzene rings is 2. The maximum atomic E-state index is 12.9. The second kappa shape index (κ2) is 12.1. The number of nitrogens with two attached hydrogens (primary N) is 1. The predicted octanol–water partition coefficient (Wildman–Crippen LogP) is 2.76. The van der Waals surface area contributed by atoms with Crippen LogP contribution in [0.2, 0.25) is 0 Å². The van der Waals surface area contributed by atoms with E-state index in [0.29, 0.717) is 24.3 Å². The lowest BCUT2D eigenvalue weighted by Crippen LogP contribution is -2.39. The van der Waals surface area contributed by atoms with Crippen LogP contribution in [0, 0.1) is 5.92 Å². The molecule has 2 aromatic carbocycles. The molecule has 3 N–H and O–H groups in total. The van der Waals surface area contributed by atoms with Crippen molar-refractivity contribution in [3.8, 4) is 5.75 Å². The molecule has 32 heavy (non-hydrogen) atoms. The van der Waals surface area contributed by atoms with E-state index in [1.54, 1.807) is 31.2 Å². The van der Waals surface area contributed by atoms with Crippen LogP contribution >= 0.6 is 0 Å². The van der Waals surface area contributed by atoms with Crippen LogP contribution in [0.5, 0.6) is 5.75 Å². The number of rotatable bonds is 13. The van der Waals surface area contributed by atoms with Crippen molar-refractivity contribution in [2.45, 2.75) is 32.6 Å². The number of ether oxygens (including phenoxy) is 1. The number of anilines is 1. The minimum atomic E-state index is -3.83. The molecule has 0 saturated carbocycles. The maximum absolute atomic E-state index is 12.9. The zero-order chi connectivity index (χ0) is 23.6. The van der Waals surface area contributed by atoms with Gasteiger partial charge in [-0.3, -0.25) is 14.3 Å². The molecule has 0 aromatic heterocycles. The van der Waals surface area contributed by atoms with Gasteiger partial charge in [0.2, 0.25) is 11.8 Å². The molecule has 0 aliphatic rings. The predicted molar refractivity (Wildman–Crippen MR) is 124 cm³/mol. The van der Waals surface area contributed by atoms with Crippen LogP contribution in [-0.2, 0) is 26.0 Å². The Hall–Kier alpha value is -3.07. The molecule has 2 rings (SSSR count). The summed E-state index contributed by atoms with van der Waals surface area (Å²) in [6.45, 7) is 2.02. The molecule has 0 saturated heterocycles. The molecule has 0 radical (unpaired) electrons. The smallest absolute Gasteiger partial charge is 0.251 e. The summed E-state index contributed by atoms with van der Waals surface area (Å²) in [6.07, 6.45) is 1.44. The molecule has 2 aromatic rings. The highest BCUT2D eigenvalue weighted by Crippen LogP contribution is 2.17. The fourth-order valence-corrected chi connectivity index (χ4v) is 4.54. The fraction of sp³-hybridized carbons (Fsp3) is 0.391. The van der Waals surface area contributed by atoms with Gasteiger partial charge in [0.05, 0.1) is 7.11 Å². The molecule has 0 spiro atoms. The number of hydrogen-bond donors (Lipinski definition) is 2. The normalized spacial score (nSPS) is 12.1. The number of hydrogen-bond acceptors (Lipinski definition) is 5. The molecule has 8 nitrogen and oxygen atoms in total. The van der Waals surface area contributed by atoms with E-state index in [9.17, 15) is 18.0 Å². The topological polar surface area (TPSA) is 119 Å².